The minimum Gasteiger partial charge on any atom is -0.368 e. The fourth-order valence-electron chi connectivity index (χ4n) is 2.67. The monoisotopic (exact) mass is 479 g/mol. The molecular weight excluding hydrogens is 453 g/mol. The first kappa shape index (κ1) is 21.8. The molecule has 1 aliphatic heterocycles. The van der Waals surface area contributed by atoms with Crippen molar-refractivity contribution in [2.75, 3.05) is 51.2 Å². The lowest BCUT2D eigenvalue weighted by Gasteiger charge is -2.37. The molecule has 0 spiro atoms. The lowest BCUT2D eigenvalue weighted by molar-refractivity contribution is -0.120. The van der Waals surface area contributed by atoms with E-state index in [2.05, 4.69) is 31.5 Å². The topological polar surface area (TPSA) is 60.0 Å². The fourth-order valence-corrected chi connectivity index (χ4v) is 2.85. The molecule has 0 unspecified atom stereocenters. The van der Waals surface area contributed by atoms with Gasteiger partial charge in [0.25, 0.3) is 0 Å². The molecule has 0 radical (unpaired) electrons. The summed E-state index contributed by atoms with van der Waals surface area (Å²) in [7, 11) is 1.75. The Hall–Kier alpha value is -1.22. The van der Waals surface area contributed by atoms with Crippen LogP contribution in [0.1, 0.15) is 13.3 Å². The second-order valence-corrected chi connectivity index (χ2v) is 6.14. The van der Waals surface area contributed by atoms with Crippen molar-refractivity contribution < 1.29 is 4.79 Å². The molecule has 1 aliphatic rings. The van der Waals surface area contributed by atoms with Crippen molar-refractivity contribution in [3.63, 3.8) is 0 Å². The fraction of sp³-hybridized carbons (Fsp3) is 0.529. The lowest BCUT2D eigenvalue weighted by Crippen LogP contribution is -2.53. The Labute approximate surface area is 172 Å². The number of carbonyl (C=O) groups is 1. The molecule has 1 aromatic carbocycles. The third-order valence-corrected chi connectivity index (χ3v) is 4.18. The molecule has 0 bridgehead atoms. The molecule has 1 amide bonds. The highest BCUT2D eigenvalue weighted by atomic mass is 127. The molecule has 8 heteroatoms. The van der Waals surface area contributed by atoms with Crippen molar-refractivity contribution in [1.29, 1.82) is 0 Å². The second-order valence-electron chi connectivity index (χ2n) is 5.70. The minimum absolute atomic E-state index is 0. The van der Waals surface area contributed by atoms with Gasteiger partial charge in [-0.3, -0.25) is 9.79 Å². The molecular formula is C17H27ClIN5O. The molecule has 25 heavy (non-hydrogen) atoms. The zero-order valence-corrected chi connectivity index (χ0v) is 17.9. The van der Waals surface area contributed by atoms with Gasteiger partial charge in [0.2, 0.25) is 5.91 Å². The Kier molecular flexibility index (Phi) is 9.96. The van der Waals surface area contributed by atoms with Gasteiger partial charge < -0.3 is 20.4 Å². The largest absolute Gasteiger partial charge is 0.368 e. The number of carbonyl (C=O) groups excluding carboxylic acids is 1. The van der Waals surface area contributed by atoms with Crippen molar-refractivity contribution in [3.05, 3.63) is 29.3 Å². The highest BCUT2D eigenvalue weighted by Crippen LogP contribution is 2.20. The summed E-state index contributed by atoms with van der Waals surface area (Å²) in [6, 6.07) is 7.92. The zero-order chi connectivity index (χ0) is 17.4. The van der Waals surface area contributed by atoms with Gasteiger partial charge in [0.05, 0.1) is 6.54 Å². The number of halogens is 2. The van der Waals surface area contributed by atoms with Crippen LogP contribution in [0.15, 0.2) is 29.3 Å². The van der Waals surface area contributed by atoms with Crippen LogP contribution in [0.25, 0.3) is 0 Å². The van der Waals surface area contributed by atoms with Crippen molar-refractivity contribution >= 4 is 53.1 Å². The number of anilines is 1. The number of hydrogen-bond acceptors (Lipinski definition) is 3. The van der Waals surface area contributed by atoms with E-state index in [-0.39, 0.29) is 36.4 Å². The predicted molar refractivity (Wildman–Crippen MR) is 115 cm³/mol. The SMILES string of the molecule is CCCNC(=O)CNC(=NC)N1CCN(c2cccc(Cl)c2)CC1.I. The van der Waals surface area contributed by atoms with Crippen molar-refractivity contribution in [2.45, 2.75) is 13.3 Å². The molecule has 2 rings (SSSR count). The van der Waals surface area contributed by atoms with Crippen molar-refractivity contribution in [2.24, 2.45) is 4.99 Å². The highest BCUT2D eigenvalue weighted by molar-refractivity contribution is 14.0. The first-order chi connectivity index (χ1) is 11.6. The standard InChI is InChI=1S/C17H26ClN5O.HI/c1-3-7-20-16(24)13-21-17(19-2)23-10-8-22(9-11-23)15-6-4-5-14(18)12-15;/h4-6,12H,3,7-11,13H2,1-2H3,(H,19,21)(H,20,24);1H. The van der Waals surface area contributed by atoms with Crippen LogP contribution in [0.2, 0.25) is 5.02 Å². The Morgan fingerprint density at radius 1 is 1.24 bits per heavy atom. The maximum atomic E-state index is 11.7. The van der Waals surface area contributed by atoms with Gasteiger partial charge in [0, 0.05) is 50.5 Å². The molecule has 0 saturated carbocycles. The van der Waals surface area contributed by atoms with Crippen molar-refractivity contribution in [1.82, 2.24) is 15.5 Å². The normalized spacial score (nSPS) is 14.8. The summed E-state index contributed by atoms with van der Waals surface area (Å²) in [6.07, 6.45) is 0.936. The summed E-state index contributed by atoms with van der Waals surface area (Å²) in [5.74, 6) is 0.767. The van der Waals surface area contributed by atoms with Crippen LogP contribution in [-0.4, -0.2) is 63.1 Å². The van der Waals surface area contributed by atoms with Gasteiger partial charge in [-0.1, -0.05) is 24.6 Å². The number of guanidine groups is 1. The van der Waals surface area contributed by atoms with Gasteiger partial charge in [-0.2, -0.15) is 0 Å². The first-order valence-corrected chi connectivity index (χ1v) is 8.74. The van der Waals surface area contributed by atoms with Crippen LogP contribution in [0.5, 0.6) is 0 Å². The summed E-state index contributed by atoms with van der Waals surface area (Å²) in [5.41, 5.74) is 1.14. The Morgan fingerprint density at radius 3 is 2.56 bits per heavy atom. The van der Waals surface area contributed by atoms with Gasteiger partial charge in [0.15, 0.2) is 5.96 Å². The molecule has 0 aromatic heterocycles. The van der Waals surface area contributed by atoms with E-state index in [4.69, 9.17) is 11.6 Å². The van der Waals surface area contributed by atoms with E-state index in [0.29, 0.717) is 6.54 Å². The van der Waals surface area contributed by atoms with Crippen molar-refractivity contribution in [3.8, 4) is 0 Å². The van der Waals surface area contributed by atoms with Gasteiger partial charge in [-0.15, -0.1) is 24.0 Å². The average molecular weight is 480 g/mol. The van der Waals surface area contributed by atoms with E-state index in [1.165, 1.54) is 0 Å². The van der Waals surface area contributed by atoms with Crippen LogP contribution in [-0.2, 0) is 4.79 Å². The number of amides is 1. The smallest absolute Gasteiger partial charge is 0.239 e. The number of piperazine rings is 1. The van der Waals surface area contributed by atoms with Crippen LogP contribution < -0.4 is 15.5 Å². The molecule has 0 aliphatic carbocycles. The second kappa shape index (κ2) is 11.4. The zero-order valence-electron chi connectivity index (χ0n) is 14.8. The van der Waals surface area contributed by atoms with E-state index < -0.39 is 0 Å². The summed E-state index contributed by atoms with van der Waals surface area (Å²) >= 11 is 6.07. The quantitative estimate of drug-likeness (QED) is 0.386. The van der Waals surface area contributed by atoms with Gasteiger partial charge >= 0.3 is 0 Å². The van der Waals surface area contributed by atoms with Crippen LogP contribution in [0.3, 0.4) is 0 Å². The molecule has 2 N–H and O–H groups in total. The summed E-state index contributed by atoms with van der Waals surface area (Å²) in [6.45, 7) is 6.47. The Bertz CT molecular complexity index is 576. The van der Waals surface area contributed by atoms with Gasteiger partial charge in [0.1, 0.15) is 0 Å². The number of rotatable bonds is 5. The van der Waals surface area contributed by atoms with Crippen LogP contribution in [0, 0.1) is 0 Å². The predicted octanol–water partition coefficient (Wildman–Crippen LogP) is 2.18. The van der Waals surface area contributed by atoms with E-state index >= 15 is 0 Å². The number of nitrogens with zero attached hydrogens (tertiary/aromatic N) is 3. The van der Waals surface area contributed by atoms with E-state index in [1.54, 1.807) is 7.05 Å². The summed E-state index contributed by atoms with van der Waals surface area (Å²) in [4.78, 5) is 20.5. The third kappa shape index (κ3) is 6.89. The maximum absolute atomic E-state index is 11.7. The van der Waals surface area contributed by atoms with Gasteiger partial charge in [-0.25, -0.2) is 0 Å². The molecule has 1 fully saturated rings. The minimum atomic E-state index is -0.00411. The molecule has 6 nitrogen and oxygen atoms in total. The number of nitrogens with one attached hydrogen (secondary N) is 2. The average Bonchev–Trinajstić information content (AvgIpc) is 2.61. The Morgan fingerprint density at radius 2 is 1.96 bits per heavy atom. The molecule has 1 heterocycles. The van der Waals surface area contributed by atoms with E-state index in [0.717, 1.165) is 49.3 Å². The lowest BCUT2D eigenvalue weighted by atomic mass is 10.2. The van der Waals surface area contributed by atoms with E-state index in [9.17, 15) is 4.79 Å². The first-order valence-electron chi connectivity index (χ1n) is 8.37. The van der Waals surface area contributed by atoms with E-state index in [1.807, 2.05) is 25.1 Å². The molecule has 1 saturated heterocycles. The molecule has 0 atom stereocenters. The number of aliphatic imine (C=N–C) groups is 1. The molecule has 140 valence electrons. The third-order valence-electron chi connectivity index (χ3n) is 3.94. The van der Waals surface area contributed by atoms with Gasteiger partial charge in [-0.05, 0) is 24.6 Å². The number of hydrogen-bond donors (Lipinski definition) is 2. The summed E-state index contributed by atoms with van der Waals surface area (Å²) < 4.78 is 0. The van der Waals surface area contributed by atoms with Crippen LogP contribution in [0.4, 0.5) is 5.69 Å². The van der Waals surface area contributed by atoms with Crippen LogP contribution >= 0.6 is 35.6 Å². The maximum Gasteiger partial charge on any atom is 0.239 e. The Balaban J connectivity index is 0.00000312. The highest BCUT2D eigenvalue weighted by Gasteiger charge is 2.20. The number of benzene rings is 1. The molecule has 1 aromatic rings. The summed E-state index contributed by atoms with van der Waals surface area (Å²) in [5, 5.41) is 6.74.